The molecule has 0 heterocycles. The summed E-state index contributed by atoms with van der Waals surface area (Å²) < 4.78 is 15.0. The van der Waals surface area contributed by atoms with E-state index in [4.69, 9.17) is 14.2 Å². The van der Waals surface area contributed by atoms with Crippen molar-refractivity contribution in [2.45, 2.75) is 33.1 Å². The van der Waals surface area contributed by atoms with Crippen LogP contribution >= 0.6 is 0 Å². The third-order valence-corrected chi connectivity index (χ3v) is 3.40. The van der Waals surface area contributed by atoms with Crippen molar-refractivity contribution in [3.63, 3.8) is 0 Å². The van der Waals surface area contributed by atoms with Crippen LogP contribution in [-0.4, -0.2) is 37.7 Å². The molecule has 6 heteroatoms. The second-order valence-electron chi connectivity index (χ2n) is 5.01. The number of carbonyl (C=O) groups excluding carboxylic acids is 3. The maximum Gasteiger partial charge on any atom is 0.320 e. The van der Waals surface area contributed by atoms with E-state index in [0.717, 1.165) is 0 Å². The van der Waals surface area contributed by atoms with E-state index < -0.39 is 29.7 Å². The molecule has 0 fully saturated rings. The Hall–Kier alpha value is -2.37. The predicted molar refractivity (Wildman–Crippen MR) is 87.2 cm³/mol. The summed E-state index contributed by atoms with van der Waals surface area (Å²) in [5.74, 6) is -3.80. The van der Waals surface area contributed by atoms with Gasteiger partial charge in [0.2, 0.25) is 0 Å². The molecule has 0 aliphatic rings. The van der Waals surface area contributed by atoms with Crippen LogP contribution in [0.2, 0.25) is 0 Å². The number of benzene rings is 1. The first-order chi connectivity index (χ1) is 11.5. The summed E-state index contributed by atoms with van der Waals surface area (Å²) in [6.07, 6.45) is -0.111. The summed E-state index contributed by atoms with van der Waals surface area (Å²) in [6.45, 7) is 5.50. The van der Waals surface area contributed by atoms with Gasteiger partial charge in [0, 0.05) is 5.92 Å². The maximum atomic E-state index is 12.3. The molecular weight excluding hydrogens is 312 g/mol. The van der Waals surface area contributed by atoms with Crippen molar-refractivity contribution in [2.75, 3.05) is 19.8 Å². The van der Waals surface area contributed by atoms with Crippen LogP contribution in [0.3, 0.4) is 0 Å². The van der Waals surface area contributed by atoms with Gasteiger partial charge >= 0.3 is 17.9 Å². The number of esters is 3. The molecule has 6 nitrogen and oxygen atoms in total. The second kappa shape index (κ2) is 10.4. The molecule has 0 radical (unpaired) electrons. The van der Waals surface area contributed by atoms with Crippen LogP contribution in [0.25, 0.3) is 0 Å². The second-order valence-corrected chi connectivity index (χ2v) is 5.01. The standard InChI is InChI=1S/C18H24O6/c1-4-22-15(19)12-14(13-10-8-7-9-11-13)16(17(20)23-5-2)18(21)24-6-3/h7-11,14,16H,4-6,12H2,1-3H3/t14-/m0/s1. The van der Waals surface area contributed by atoms with Crippen LogP contribution < -0.4 is 0 Å². The molecule has 1 aromatic carbocycles. The van der Waals surface area contributed by atoms with E-state index in [1.54, 1.807) is 45.0 Å². The fourth-order valence-corrected chi connectivity index (χ4v) is 2.42. The third-order valence-electron chi connectivity index (χ3n) is 3.40. The molecule has 0 aromatic heterocycles. The van der Waals surface area contributed by atoms with Crippen molar-refractivity contribution >= 4 is 17.9 Å². The largest absolute Gasteiger partial charge is 0.466 e. The molecule has 24 heavy (non-hydrogen) atoms. The number of hydrogen-bond donors (Lipinski definition) is 0. The SMILES string of the molecule is CCOC(=O)C[C@@H](c1ccccc1)C(C(=O)OCC)C(=O)OCC. The van der Waals surface area contributed by atoms with Crippen LogP contribution in [0.1, 0.15) is 38.7 Å². The van der Waals surface area contributed by atoms with Crippen molar-refractivity contribution in [2.24, 2.45) is 5.92 Å². The lowest BCUT2D eigenvalue weighted by Gasteiger charge is -2.24. The molecule has 0 unspecified atom stereocenters. The van der Waals surface area contributed by atoms with E-state index in [-0.39, 0.29) is 26.2 Å². The zero-order chi connectivity index (χ0) is 17.9. The summed E-state index contributed by atoms with van der Waals surface area (Å²) >= 11 is 0. The van der Waals surface area contributed by atoms with Gasteiger partial charge in [0.15, 0.2) is 5.92 Å². The molecule has 132 valence electrons. The summed E-state index contributed by atoms with van der Waals surface area (Å²) in [5.41, 5.74) is 0.677. The molecule has 0 amide bonds. The highest BCUT2D eigenvalue weighted by Crippen LogP contribution is 2.31. The van der Waals surface area contributed by atoms with Crippen LogP contribution in [0.15, 0.2) is 30.3 Å². The number of carbonyl (C=O) groups is 3. The Morgan fingerprint density at radius 1 is 0.833 bits per heavy atom. The molecule has 0 aliphatic carbocycles. The quantitative estimate of drug-likeness (QED) is 0.391. The Kier molecular flexibility index (Phi) is 8.54. The first-order valence-corrected chi connectivity index (χ1v) is 8.08. The van der Waals surface area contributed by atoms with Crippen LogP contribution in [-0.2, 0) is 28.6 Å². The van der Waals surface area contributed by atoms with Gasteiger partial charge in [-0.3, -0.25) is 14.4 Å². The van der Waals surface area contributed by atoms with Gasteiger partial charge in [-0.15, -0.1) is 0 Å². The lowest BCUT2D eigenvalue weighted by molar-refractivity contribution is -0.163. The summed E-state index contributed by atoms with van der Waals surface area (Å²) in [6, 6.07) is 8.89. The van der Waals surface area contributed by atoms with E-state index in [0.29, 0.717) is 5.56 Å². The molecular formula is C18H24O6. The van der Waals surface area contributed by atoms with Gasteiger partial charge in [-0.2, -0.15) is 0 Å². The Bertz CT molecular complexity index is 522. The fourth-order valence-electron chi connectivity index (χ4n) is 2.42. The van der Waals surface area contributed by atoms with Crippen LogP contribution in [0.4, 0.5) is 0 Å². The Balaban J connectivity index is 3.20. The highest BCUT2D eigenvalue weighted by atomic mass is 16.6. The van der Waals surface area contributed by atoms with E-state index in [9.17, 15) is 14.4 Å². The molecule has 0 saturated heterocycles. The predicted octanol–water partition coefficient (Wildman–Crippen LogP) is 2.47. The van der Waals surface area contributed by atoms with Crippen LogP contribution in [0, 0.1) is 5.92 Å². The van der Waals surface area contributed by atoms with Gasteiger partial charge in [0.05, 0.1) is 26.2 Å². The molecule has 0 spiro atoms. The summed E-state index contributed by atoms with van der Waals surface area (Å²) in [4.78, 5) is 36.6. The Morgan fingerprint density at radius 3 is 1.79 bits per heavy atom. The van der Waals surface area contributed by atoms with E-state index in [1.807, 2.05) is 6.07 Å². The fraction of sp³-hybridized carbons (Fsp3) is 0.500. The number of rotatable bonds is 9. The summed E-state index contributed by atoms with van der Waals surface area (Å²) in [5, 5.41) is 0. The first-order valence-electron chi connectivity index (χ1n) is 8.08. The minimum Gasteiger partial charge on any atom is -0.466 e. The first kappa shape index (κ1) is 19.7. The van der Waals surface area contributed by atoms with Gasteiger partial charge in [-0.05, 0) is 26.3 Å². The van der Waals surface area contributed by atoms with Gasteiger partial charge < -0.3 is 14.2 Å². The van der Waals surface area contributed by atoms with Crippen molar-refractivity contribution in [3.8, 4) is 0 Å². The summed E-state index contributed by atoms with van der Waals surface area (Å²) in [7, 11) is 0. The molecule has 0 saturated carbocycles. The zero-order valence-corrected chi connectivity index (χ0v) is 14.3. The van der Waals surface area contributed by atoms with E-state index in [2.05, 4.69) is 0 Å². The number of hydrogen-bond acceptors (Lipinski definition) is 6. The van der Waals surface area contributed by atoms with Crippen LogP contribution in [0.5, 0.6) is 0 Å². The Morgan fingerprint density at radius 2 is 1.33 bits per heavy atom. The average Bonchev–Trinajstić information content (AvgIpc) is 2.56. The lowest BCUT2D eigenvalue weighted by atomic mass is 9.83. The highest BCUT2D eigenvalue weighted by Gasteiger charge is 2.39. The molecule has 1 aromatic rings. The van der Waals surface area contributed by atoms with Gasteiger partial charge in [-0.1, -0.05) is 30.3 Å². The topological polar surface area (TPSA) is 78.9 Å². The van der Waals surface area contributed by atoms with Gasteiger partial charge in [0.25, 0.3) is 0 Å². The van der Waals surface area contributed by atoms with Crippen molar-refractivity contribution in [1.82, 2.24) is 0 Å². The molecule has 0 N–H and O–H groups in total. The minimum atomic E-state index is -1.21. The van der Waals surface area contributed by atoms with Crippen molar-refractivity contribution in [3.05, 3.63) is 35.9 Å². The lowest BCUT2D eigenvalue weighted by Crippen LogP contribution is -2.34. The smallest absolute Gasteiger partial charge is 0.320 e. The van der Waals surface area contributed by atoms with E-state index >= 15 is 0 Å². The third kappa shape index (κ3) is 5.68. The molecule has 1 rings (SSSR count). The molecule has 0 bridgehead atoms. The van der Waals surface area contributed by atoms with Crippen molar-refractivity contribution < 1.29 is 28.6 Å². The normalized spacial score (nSPS) is 11.7. The highest BCUT2D eigenvalue weighted by molar-refractivity contribution is 5.96. The van der Waals surface area contributed by atoms with Crippen molar-refractivity contribution in [1.29, 1.82) is 0 Å². The molecule has 1 atom stereocenters. The van der Waals surface area contributed by atoms with E-state index in [1.165, 1.54) is 0 Å². The van der Waals surface area contributed by atoms with Gasteiger partial charge in [-0.25, -0.2) is 0 Å². The average molecular weight is 336 g/mol. The maximum absolute atomic E-state index is 12.3. The Labute approximate surface area is 142 Å². The van der Waals surface area contributed by atoms with Gasteiger partial charge in [0.1, 0.15) is 0 Å². The monoisotopic (exact) mass is 336 g/mol. The molecule has 0 aliphatic heterocycles. The number of ether oxygens (including phenoxy) is 3. The zero-order valence-electron chi connectivity index (χ0n) is 14.3. The minimum absolute atomic E-state index is 0.111.